The van der Waals surface area contributed by atoms with Gasteiger partial charge in [-0.05, 0) is 20.3 Å². The van der Waals surface area contributed by atoms with Crippen molar-refractivity contribution in [3.8, 4) is 0 Å². The normalized spacial score (nSPS) is 46.5. The molecule has 10 nitrogen and oxygen atoms in total. The molecule has 2 rings (SSSR count). The number of rotatable bonds is 6. The van der Waals surface area contributed by atoms with Crippen LogP contribution in [0.4, 0.5) is 0 Å². The van der Waals surface area contributed by atoms with E-state index in [9.17, 15) is 20.4 Å². The van der Waals surface area contributed by atoms with Crippen LogP contribution >= 0.6 is 0 Å². The van der Waals surface area contributed by atoms with Crippen molar-refractivity contribution in [3.63, 3.8) is 0 Å². The summed E-state index contributed by atoms with van der Waals surface area (Å²) in [7, 11) is 0. The largest absolute Gasteiger partial charge is 0.389 e. The number of hydrogen-bond acceptors (Lipinski definition) is 10. The van der Waals surface area contributed by atoms with Crippen LogP contribution in [0.15, 0.2) is 11.6 Å². The molecule has 0 spiro atoms. The Balaban J connectivity index is 2.02. The first-order chi connectivity index (χ1) is 12.7. The van der Waals surface area contributed by atoms with Gasteiger partial charge in [-0.3, -0.25) is 0 Å². The maximum atomic E-state index is 10.3. The second-order valence-electron chi connectivity index (χ2n) is 7.51. The van der Waals surface area contributed by atoms with E-state index in [1.165, 1.54) is 0 Å². The number of aliphatic hydroxyl groups excluding tert-OH is 4. The van der Waals surface area contributed by atoms with Gasteiger partial charge in [-0.25, -0.2) is 0 Å². The van der Waals surface area contributed by atoms with Crippen molar-refractivity contribution in [3.05, 3.63) is 11.6 Å². The minimum absolute atomic E-state index is 0.254. The molecule has 0 aromatic heterocycles. The van der Waals surface area contributed by atoms with Crippen LogP contribution in [0.5, 0.6) is 0 Å². The molecule has 0 bridgehead atoms. The topological polar surface area (TPSA) is 189 Å². The maximum Gasteiger partial charge on any atom is 0.176 e. The Morgan fingerprint density at radius 2 is 1.74 bits per heavy atom. The molecule has 11 N–H and O–H groups in total. The van der Waals surface area contributed by atoms with Crippen molar-refractivity contribution in [2.75, 3.05) is 13.1 Å². The number of allylic oxidation sites excluding steroid dienone is 1. The summed E-state index contributed by atoms with van der Waals surface area (Å²) in [5, 5.41) is 43.9. The number of aliphatic hydroxyl groups is 4. The molecule has 1 saturated heterocycles. The van der Waals surface area contributed by atoms with Crippen molar-refractivity contribution in [2.45, 2.75) is 81.3 Å². The van der Waals surface area contributed by atoms with E-state index in [0.717, 1.165) is 5.57 Å². The lowest BCUT2D eigenvalue weighted by Gasteiger charge is -2.46. The van der Waals surface area contributed by atoms with Crippen LogP contribution in [-0.4, -0.2) is 94.6 Å². The lowest BCUT2D eigenvalue weighted by molar-refractivity contribution is -0.288. The molecule has 0 aromatic rings. The SMILES string of the molecule is C/C=C(\C)CNC[C@H]1O[C@H](O[C@H]2[C@H](O)[C@@H](O)[C@H](N)C[C@@H]2N)[C@H](N)[C@@H](O)[C@@H]1O. The zero-order valence-electron chi connectivity index (χ0n) is 15.8. The highest BCUT2D eigenvalue weighted by Crippen LogP contribution is 2.27. The molecule has 1 aliphatic heterocycles. The third-order valence-corrected chi connectivity index (χ3v) is 5.37. The first-order valence-electron chi connectivity index (χ1n) is 9.29. The first kappa shape index (κ1) is 22.6. The summed E-state index contributed by atoms with van der Waals surface area (Å²) < 4.78 is 11.5. The van der Waals surface area contributed by atoms with E-state index < -0.39 is 61.0 Å². The van der Waals surface area contributed by atoms with E-state index in [-0.39, 0.29) is 13.0 Å². The lowest BCUT2D eigenvalue weighted by Crippen LogP contribution is -2.67. The summed E-state index contributed by atoms with van der Waals surface area (Å²) in [4.78, 5) is 0. The Hall–Kier alpha value is -0.660. The standard InChI is InChI=1S/C17H34N4O6/c1-3-7(2)5-21-6-10-13(23)14(24)11(20)17(26-10)27-16-9(19)4-8(18)12(22)15(16)25/h3,8-17,21-25H,4-6,18-20H2,1-2H3/b7-3+/t8-,9+,10-,11-,12+,13-,14-,15-,16-,17-/m1/s1. The zero-order valence-corrected chi connectivity index (χ0v) is 15.8. The highest BCUT2D eigenvalue weighted by Gasteiger charge is 2.48. The van der Waals surface area contributed by atoms with Crippen LogP contribution in [-0.2, 0) is 9.47 Å². The van der Waals surface area contributed by atoms with E-state index >= 15 is 0 Å². The van der Waals surface area contributed by atoms with Crippen molar-refractivity contribution in [1.29, 1.82) is 0 Å². The molecule has 1 aliphatic carbocycles. The fourth-order valence-corrected chi connectivity index (χ4v) is 3.38. The molecular formula is C17H34N4O6. The molecule has 0 amide bonds. The molecule has 10 atom stereocenters. The molecule has 1 saturated carbocycles. The summed E-state index contributed by atoms with van der Waals surface area (Å²) in [6.07, 6.45) is -5.58. The van der Waals surface area contributed by atoms with Crippen LogP contribution in [0.25, 0.3) is 0 Å². The predicted molar refractivity (Wildman–Crippen MR) is 98.4 cm³/mol. The molecule has 0 unspecified atom stereocenters. The minimum atomic E-state index is -1.31. The molecule has 0 aromatic carbocycles. The summed E-state index contributed by atoms with van der Waals surface area (Å²) in [6.45, 7) is 4.76. The second kappa shape index (κ2) is 9.70. The van der Waals surface area contributed by atoms with Crippen molar-refractivity contribution in [1.82, 2.24) is 5.32 Å². The lowest BCUT2D eigenvalue weighted by atomic mass is 9.84. The fraction of sp³-hybridized carbons (Fsp3) is 0.882. The van der Waals surface area contributed by atoms with Crippen LogP contribution in [0.2, 0.25) is 0 Å². The Kier molecular flexibility index (Phi) is 8.13. The Bertz CT molecular complexity index is 510. The molecule has 27 heavy (non-hydrogen) atoms. The number of nitrogens with two attached hydrogens (primary N) is 3. The van der Waals surface area contributed by atoms with Crippen LogP contribution < -0.4 is 22.5 Å². The summed E-state index contributed by atoms with van der Waals surface area (Å²) in [5.74, 6) is 0. The molecule has 2 aliphatic rings. The third-order valence-electron chi connectivity index (χ3n) is 5.37. The smallest absolute Gasteiger partial charge is 0.176 e. The number of hydrogen-bond donors (Lipinski definition) is 8. The molecular weight excluding hydrogens is 356 g/mol. The van der Waals surface area contributed by atoms with Crippen LogP contribution in [0, 0.1) is 0 Å². The maximum absolute atomic E-state index is 10.3. The van der Waals surface area contributed by atoms with Crippen molar-refractivity contribution >= 4 is 0 Å². The van der Waals surface area contributed by atoms with Gasteiger partial charge < -0.3 is 52.4 Å². The highest BCUT2D eigenvalue weighted by molar-refractivity contribution is 5.01. The van der Waals surface area contributed by atoms with Gasteiger partial charge in [0, 0.05) is 25.2 Å². The molecule has 0 radical (unpaired) electrons. The highest BCUT2D eigenvalue weighted by atomic mass is 16.7. The van der Waals surface area contributed by atoms with E-state index in [1.54, 1.807) is 0 Å². The predicted octanol–water partition coefficient (Wildman–Crippen LogP) is -3.52. The Morgan fingerprint density at radius 1 is 1.07 bits per heavy atom. The van der Waals surface area contributed by atoms with Gasteiger partial charge in [0.25, 0.3) is 0 Å². The fourth-order valence-electron chi connectivity index (χ4n) is 3.38. The van der Waals surface area contributed by atoms with E-state index in [1.807, 2.05) is 19.9 Å². The van der Waals surface area contributed by atoms with Gasteiger partial charge in [-0.2, -0.15) is 0 Å². The van der Waals surface area contributed by atoms with Gasteiger partial charge in [-0.1, -0.05) is 11.6 Å². The van der Waals surface area contributed by atoms with Gasteiger partial charge in [0.2, 0.25) is 0 Å². The average Bonchev–Trinajstić information content (AvgIpc) is 2.64. The third kappa shape index (κ3) is 5.24. The molecule has 1 heterocycles. The van der Waals surface area contributed by atoms with E-state index in [2.05, 4.69) is 5.32 Å². The van der Waals surface area contributed by atoms with Crippen LogP contribution in [0.3, 0.4) is 0 Å². The summed E-state index contributed by atoms with van der Waals surface area (Å²) >= 11 is 0. The molecule has 158 valence electrons. The monoisotopic (exact) mass is 390 g/mol. The average molecular weight is 390 g/mol. The van der Waals surface area contributed by atoms with Crippen molar-refractivity contribution < 1.29 is 29.9 Å². The summed E-state index contributed by atoms with van der Waals surface area (Å²) in [6, 6.07) is -2.33. The minimum Gasteiger partial charge on any atom is -0.389 e. The van der Waals surface area contributed by atoms with E-state index in [4.69, 9.17) is 26.7 Å². The quantitative estimate of drug-likeness (QED) is 0.211. The van der Waals surface area contributed by atoms with Gasteiger partial charge >= 0.3 is 0 Å². The van der Waals surface area contributed by atoms with Crippen LogP contribution in [0.1, 0.15) is 20.3 Å². The van der Waals surface area contributed by atoms with Crippen molar-refractivity contribution in [2.24, 2.45) is 17.2 Å². The Morgan fingerprint density at radius 3 is 2.37 bits per heavy atom. The second-order valence-corrected chi connectivity index (χ2v) is 7.51. The number of ether oxygens (including phenoxy) is 2. The van der Waals surface area contributed by atoms with Gasteiger partial charge in [0.1, 0.15) is 30.5 Å². The Labute approximate surface area is 159 Å². The molecule has 10 heteroatoms. The van der Waals surface area contributed by atoms with Gasteiger partial charge in [-0.15, -0.1) is 0 Å². The number of nitrogens with one attached hydrogen (secondary N) is 1. The van der Waals surface area contributed by atoms with Gasteiger partial charge in [0.05, 0.1) is 12.1 Å². The zero-order chi connectivity index (χ0) is 20.3. The van der Waals surface area contributed by atoms with E-state index in [0.29, 0.717) is 6.54 Å². The summed E-state index contributed by atoms with van der Waals surface area (Å²) in [5.41, 5.74) is 18.8. The van der Waals surface area contributed by atoms with Gasteiger partial charge in [0.15, 0.2) is 6.29 Å². The molecule has 2 fully saturated rings. The first-order valence-corrected chi connectivity index (χ1v) is 9.29.